The summed E-state index contributed by atoms with van der Waals surface area (Å²) < 4.78 is 5.18. The van der Waals surface area contributed by atoms with Crippen LogP contribution in [-0.4, -0.2) is 16.9 Å². The Balaban J connectivity index is 1.84. The molecule has 0 saturated carbocycles. The van der Waals surface area contributed by atoms with Gasteiger partial charge in [-0.2, -0.15) is 0 Å². The monoisotopic (exact) mass is 373 g/mol. The minimum Gasteiger partial charge on any atom is -0.467 e. The molecule has 0 atom stereocenters. The number of anilines is 1. The standard InChI is InChI=1S/C19H23N3O3S/c1-2-3-4-10-17(23)22-19(26)21-15-8-5-7-14(12-15)18(24)20-13-16-9-6-11-25-16/h5-9,11-12H,2-4,10,13H2,1H3,(H,20,24)(H2,21,22,23,26). The predicted molar refractivity (Wildman–Crippen MR) is 105 cm³/mol. The summed E-state index contributed by atoms with van der Waals surface area (Å²) in [5, 5.41) is 8.58. The molecule has 0 unspecified atom stereocenters. The molecule has 2 aromatic rings. The molecule has 1 aromatic heterocycles. The van der Waals surface area contributed by atoms with Crippen molar-refractivity contribution in [1.82, 2.24) is 10.6 Å². The number of rotatable bonds is 8. The summed E-state index contributed by atoms with van der Waals surface area (Å²) in [6.07, 6.45) is 4.93. The van der Waals surface area contributed by atoms with Gasteiger partial charge in [-0.1, -0.05) is 25.8 Å². The summed E-state index contributed by atoms with van der Waals surface area (Å²) in [7, 11) is 0. The normalized spacial score (nSPS) is 10.2. The number of carbonyl (C=O) groups is 2. The van der Waals surface area contributed by atoms with E-state index >= 15 is 0 Å². The fraction of sp³-hybridized carbons (Fsp3) is 0.316. The zero-order chi connectivity index (χ0) is 18.8. The van der Waals surface area contributed by atoms with E-state index in [-0.39, 0.29) is 16.9 Å². The number of furan rings is 1. The Morgan fingerprint density at radius 2 is 2.00 bits per heavy atom. The minimum absolute atomic E-state index is 0.108. The summed E-state index contributed by atoms with van der Waals surface area (Å²) in [5.74, 6) is 0.349. The number of unbranched alkanes of at least 4 members (excludes halogenated alkanes) is 2. The van der Waals surface area contributed by atoms with Crippen molar-refractivity contribution in [2.24, 2.45) is 0 Å². The maximum atomic E-state index is 12.2. The first-order valence-corrected chi connectivity index (χ1v) is 9.00. The van der Waals surface area contributed by atoms with E-state index in [1.54, 1.807) is 42.7 Å². The summed E-state index contributed by atoms with van der Waals surface area (Å²) in [4.78, 5) is 24.0. The quantitative estimate of drug-likeness (QED) is 0.486. The summed E-state index contributed by atoms with van der Waals surface area (Å²) in [6.45, 7) is 2.40. The maximum absolute atomic E-state index is 12.2. The van der Waals surface area contributed by atoms with Crippen LogP contribution >= 0.6 is 12.2 Å². The first-order chi connectivity index (χ1) is 12.6. The van der Waals surface area contributed by atoms with Crippen LogP contribution in [0, 0.1) is 0 Å². The first-order valence-electron chi connectivity index (χ1n) is 8.60. The van der Waals surface area contributed by atoms with Crippen molar-refractivity contribution in [2.75, 3.05) is 5.32 Å². The van der Waals surface area contributed by atoms with Gasteiger partial charge in [0, 0.05) is 17.7 Å². The largest absolute Gasteiger partial charge is 0.467 e. The molecule has 2 amide bonds. The highest BCUT2D eigenvalue weighted by molar-refractivity contribution is 7.80. The van der Waals surface area contributed by atoms with Gasteiger partial charge in [0.05, 0.1) is 12.8 Å². The predicted octanol–water partition coefficient (Wildman–Crippen LogP) is 3.60. The lowest BCUT2D eigenvalue weighted by molar-refractivity contribution is -0.119. The molecule has 6 nitrogen and oxygen atoms in total. The van der Waals surface area contributed by atoms with Crippen molar-refractivity contribution in [3.63, 3.8) is 0 Å². The van der Waals surface area contributed by atoms with Crippen LogP contribution in [0.1, 0.15) is 48.7 Å². The average molecular weight is 373 g/mol. The molecule has 138 valence electrons. The second-order valence-electron chi connectivity index (χ2n) is 5.80. The van der Waals surface area contributed by atoms with Crippen molar-refractivity contribution in [3.05, 3.63) is 54.0 Å². The Kier molecular flexibility index (Phi) is 7.82. The van der Waals surface area contributed by atoms with E-state index in [1.165, 1.54) is 0 Å². The molecule has 26 heavy (non-hydrogen) atoms. The average Bonchev–Trinajstić information content (AvgIpc) is 3.13. The van der Waals surface area contributed by atoms with Gasteiger partial charge in [-0.25, -0.2) is 0 Å². The highest BCUT2D eigenvalue weighted by Crippen LogP contribution is 2.11. The van der Waals surface area contributed by atoms with Crippen molar-refractivity contribution in [2.45, 2.75) is 39.2 Å². The van der Waals surface area contributed by atoms with E-state index in [4.69, 9.17) is 16.6 Å². The van der Waals surface area contributed by atoms with Gasteiger partial charge in [0.2, 0.25) is 5.91 Å². The number of thiocarbonyl (C=S) groups is 1. The van der Waals surface area contributed by atoms with Crippen LogP contribution in [0.5, 0.6) is 0 Å². The Morgan fingerprint density at radius 3 is 2.73 bits per heavy atom. The Hall–Kier alpha value is -2.67. The van der Waals surface area contributed by atoms with E-state index in [0.29, 0.717) is 30.0 Å². The van der Waals surface area contributed by atoms with Gasteiger partial charge in [-0.3, -0.25) is 9.59 Å². The molecule has 0 fully saturated rings. The van der Waals surface area contributed by atoms with Crippen LogP contribution in [0.15, 0.2) is 47.1 Å². The molecular weight excluding hydrogens is 350 g/mol. The van der Waals surface area contributed by atoms with Crippen molar-refractivity contribution in [3.8, 4) is 0 Å². The lowest BCUT2D eigenvalue weighted by atomic mass is 10.2. The lowest BCUT2D eigenvalue weighted by Crippen LogP contribution is -2.34. The fourth-order valence-electron chi connectivity index (χ4n) is 2.31. The Morgan fingerprint density at radius 1 is 1.15 bits per heavy atom. The van der Waals surface area contributed by atoms with Gasteiger partial charge in [0.1, 0.15) is 5.76 Å². The van der Waals surface area contributed by atoms with Crippen LogP contribution in [0.2, 0.25) is 0 Å². The number of hydrogen-bond donors (Lipinski definition) is 3. The smallest absolute Gasteiger partial charge is 0.251 e. The van der Waals surface area contributed by atoms with E-state index in [2.05, 4.69) is 22.9 Å². The Labute approximate surface area is 158 Å². The molecule has 0 spiro atoms. The maximum Gasteiger partial charge on any atom is 0.251 e. The highest BCUT2D eigenvalue weighted by Gasteiger charge is 2.09. The van der Waals surface area contributed by atoms with Gasteiger partial charge in [-0.05, 0) is 49.0 Å². The van der Waals surface area contributed by atoms with Gasteiger partial charge >= 0.3 is 0 Å². The summed E-state index contributed by atoms with van der Waals surface area (Å²) >= 11 is 5.15. The zero-order valence-electron chi connectivity index (χ0n) is 14.7. The number of amides is 2. The molecule has 0 aliphatic heterocycles. The van der Waals surface area contributed by atoms with Gasteiger partial charge in [0.15, 0.2) is 5.11 Å². The third kappa shape index (κ3) is 6.68. The third-order valence-electron chi connectivity index (χ3n) is 3.65. The SMILES string of the molecule is CCCCCC(=O)NC(=S)Nc1cccc(C(=O)NCc2ccco2)c1. The van der Waals surface area contributed by atoms with E-state index in [9.17, 15) is 9.59 Å². The molecule has 0 aliphatic carbocycles. The van der Waals surface area contributed by atoms with Gasteiger partial charge in [0.25, 0.3) is 5.91 Å². The van der Waals surface area contributed by atoms with Gasteiger partial charge in [-0.15, -0.1) is 0 Å². The Bertz CT molecular complexity index is 744. The number of nitrogens with one attached hydrogen (secondary N) is 3. The number of carbonyl (C=O) groups excluding carboxylic acids is 2. The second kappa shape index (κ2) is 10.4. The molecule has 0 aliphatic rings. The molecule has 1 aromatic carbocycles. The van der Waals surface area contributed by atoms with Gasteiger partial charge < -0.3 is 20.4 Å². The molecule has 1 heterocycles. The highest BCUT2D eigenvalue weighted by atomic mass is 32.1. The fourth-order valence-corrected chi connectivity index (χ4v) is 2.54. The molecule has 2 rings (SSSR count). The number of benzene rings is 1. The van der Waals surface area contributed by atoms with E-state index in [0.717, 1.165) is 19.3 Å². The third-order valence-corrected chi connectivity index (χ3v) is 3.85. The lowest BCUT2D eigenvalue weighted by Gasteiger charge is -2.11. The van der Waals surface area contributed by atoms with Crippen LogP contribution in [0.4, 0.5) is 5.69 Å². The molecule has 0 bridgehead atoms. The molecule has 0 saturated heterocycles. The zero-order valence-corrected chi connectivity index (χ0v) is 15.5. The molecule has 0 radical (unpaired) electrons. The van der Waals surface area contributed by atoms with E-state index in [1.807, 2.05) is 0 Å². The molecule has 7 heteroatoms. The van der Waals surface area contributed by atoms with Crippen LogP contribution in [0.25, 0.3) is 0 Å². The van der Waals surface area contributed by atoms with Crippen molar-refractivity contribution < 1.29 is 14.0 Å². The first kappa shape index (κ1) is 19.7. The molecular formula is C19H23N3O3S. The van der Waals surface area contributed by atoms with Crippen molar-refractivity contribution in [1.29, 1.82) is 0 Å². The van der Waals surface area contributed by atoms with Crippen LogP contribution in [0.3, 0.4) is 0 Å². The summed E-state index contributed by atoms with van der Waals surface area (Å²) in [5.41, 5.74) is 1.12. The van der Waals surface area contributed by atoms with Crippen molar-refractivity contribution >= 4 is 34.8 Å². The minimum atomic E-state index is -0.223. The molecule has 3 N–H and O–H groups in total. The summed E-state index contributed by atoms with van der Waals surface area (Å²) in [6, 6.07) is 10.5. The topological polar surface area (TPSA) is 83.4 Å². The van der Waals surface area contributed by atoms with E-state index < -0.39 is 0 Å². The van der Waals surface area contributed by atoms with Crippen LogP contribution in [-0.2, 0) is 11.3 Å². The van der Waals surface area contributed by atoms with Crippen LogP contribution < -0.4 is 16.0 Å². The number of hydrogen-bond acceptors (Lipinski definition) is 4. The second-order valence-corrected chi connectivity index (χ2v) is 6.21.